The largest absolute Gasteiger partial charge is 0.494 e. The summed E-state index contributed by atoms with van der Waals surface area (Å²) in [6.45, 7) is 19.1. The average molecular weight is 531 g/mol. The van der Waals surface area contributed by atoms with Crippen molar-refractivity contribution in [1.29, 1.82) is 0 Å². The van der Waals surface area contributed by atoms with Gasteiger partial charge in [-0.05, 0) is 111 Å². The van der Waals surface area contributed by atoms with Crippen LogP contribution in [0.5, 0.6) is 5.75 Å². The standard InChI is InChI=1S/C15H25NO.C15H23N.C2H6O.C2H6.H2/c1-5-13-8-9-15(12-14(13)6-2)17-11-7-10-16(3)4;1-6-12-10-14(15(8-3)16-5)13(7-2)9-11(12)4;1-3-2;1-2;/h8-9,12H,5-7,10-11H2,1-4H3;9-10H,6-8H2,1-5H3;1-2H3;1-2H3;1H. The first-order valence-corrected chi connectivity index (χ1v) is 14.6. The van der Waals surface area contributed by atoms with E-state index in [0.29, 0.717) is 0 Å². The lowest BCUT2D eigenvalue weighted by Crippen LogP contribution is -2.15. The van der Waals surface area contributed by atoms with Crippen LogP contribution in [0, 0.1) is 6.92 Å². The molecule has 2 rings (SSSR count). The number of ether oxygens (including phenoxy) is 2. The first-order chi connectivity index (χ1) is 18.3. The zero-order chi connectivity index (χ0) is 29.5. The van der Waals surface area contributed by atoms with Gasteiger partial charge in [0.2, 0.25) is 0 Å². The van der Waals surface area contributed by atoms with E-state index in [-0.39, 0.29) is 1.43 Å². The fourth-order valence-electron chi connectivity index (χ4n) is 4.16. The molecular formula is C34H62N2O2. The summed E-state index contributed by atoms with van der Waals surface area (Å²) in [5.41, 5.74) is 9.72. The first kappa shape index (κ1) is 38.0. The molecule has 0 unspecified atom stereocenters. The quantitative estimate of drug-likeness (QED) is 0.215. The minimum Gasteiger partial charge on any atom is -0.494 e. The molecule has 0 aliphatic rings. The minimum absolute atomic E-state index is 0. The number of benzene rings is 2. The molecule has 0 radical (unpaired) electrons. The van der Waals surface area contributed by atoms with Gasteiger partial charge in [0.25, 0.3) is 0 Å². The second-order valence-electron chi connectivity index (χ2n) is 9.22. The van der Waals surface area contributed by atoms with Gasteiger partial charge in [0.05, 0.1) is 6.61 Å². The summed E-state index contributed by atoms with van der Waals surface area (Å²) in [5.74, 6) is 1.01. The van der Waals surface area contributed by atoms with Crippen molar-refractivity contribution in [3.8, 4) is 5.75 Å². The molecule has 0 N–H and O–H groups in total. The molecule has 0 atom stereocenters. The van der Waals surface area contributed by atoms with Crippen molar-refractivity contribution in [2.24, 2.45) is 4.99 Å². The summed E-state index contributed by atoms with van der Waals surface area (Å²) >= 11 is 0. The van der Waals surface area contributed by atoms with E-state index in [1.54, 1.807) is 14.2 Å². The highest BCUT2D eigenvalue weighted by molar-refractivity contribution is 6.01. The van der Waals surface area contributed by atoms with Gasteiger partial charge in [-0.25, -0.2) is 0 Å². The number of rotatable bonds is 11. The maximum absolute atomic E-state index is 5.77. The maximum Gasteiger partial charge on any atom is 0.119 e. The molecule has 220 valence electrons. The molecule has 0 spiro atoms. The molecule has 38 heavy (non-hydrogen) atoms. The monoisotopic (exact) mass is 530 g/mol. The Bertz CT molecular complexity index is 895. The van der Waals surface area contributed by atoms with E-state index in [0.717, 1.165) is 57.4 Å². The lowest BCUT2D eigenvalue weighted by atomic mass is 9.93. The molecule has 4 nitrogen and oxygen atoms in total. The first-order valence-electron chi connectivity index (χ1n) is 14.6. The highest BCUT2D eigenvalue weighted by Gasteiger charge is 2.09. The maximum atomic E-state index is 5.77. The highest BCUT2D eigenvalue weighted by Crippen LogP contribution is 2.20. The van der Waals surface area contributed by atoms with Crippen molar-refractivity contribution in [3.63, 3.8) is 0 Å². The Morgan fingerprint density at radius 3 is 1.82 bits per heavy atom. The minimum atomic E-state index is 0. The Kier molecular flexibility index (Phi) is 23.9. The second-order valence-corrected chi connectivity index (χ2v) is 9.22. The number of hydrogen-bond donors (Lipinski definition) is 0. The Morgan fingerprint density at radius 2 is 1.37 bits per heavy atom. The van der Waals surface area contributed by atoms with Crippen molar-refractivity contribution >= 4 is 5.71 Å². The fourth-order valence-corrected chi connectivity index (χ4v) is 4.16. The topological polar surface area (TPSA) is 34.1 Å². The Hall–Kier alpha value is -2.17. The van der Waals surface area contributed by atoms with Crippen LogP contribution in [0.3, 0.4) is 0 Å². The van der Waals surface area contributed by atoms with Crippen LogP contribution >= 0.6 is 0 Å². The van der Waals surface area contributed by atoms with Gasteiger partial charge in [0, 0.05) is 35.0 Å². The molecule has 0 aliphatic carbocycles. The average Bonchev–Trinajstić information content (AvgIpc) is 2.93. The molecule has 0 saturated carbocycles. The molecule has 4 heteroatoms. The van der Waals surface area contributed by atoms with Crippen molar-refractivity contribution in [1.82, 2.24) is 4.90 Å². The van der Waals surface area contributed by atoms with Crippen molar-refractivity contribution < 1.29 is 10.9 Å². The number of methoxy groups -OCH3 is 1. The molecule has 0 bridgehead atoms. The molecular weight excluding hydrogens is 468 g/mol. The summed E-state index contributed by atoms with van der Waals surface area (Å²) in [4.78, 5) is 6.59. The molecule has 2 aromatic rings. The normalized spacial score (nSPS) is 10.5. The predicted molar refractivity (Wildman–Crippen MR) is 173 cm³/mol. The SMILES string of the molecule is CC.CCC(=NC)c1cc(CC)c(C)cc1CC.CCc1ccc(OCCCN(C)C)cc1CC.COC.[HH]. The van der Waals surface area contributed by atoms with Gasteiger partial charge in [-0.1, -0.05) is 60.6 Å². The number of hydrogen-bond acceptors (Lipinski definition) is 4. The van der Waals surface area contributed by atoms with Gasteiger partial charge < -0.3 is 14.4 Å². The molecule has 0 saturated heterocycles. The third-order valence-electron chi connectivity index (χ3n) is 6.20. The summed E-state index contributed by atoms with van der Waals surface area (Å²) in [5, 5.41) is 0. The molecule has 0 aromatic heterocycles. The van der Waals surface area contributed by atoms with Gasteiger partial charge in [-0.15, -0.1) is 0 Å². The van der Waals surface area contributed by atoms with Crippen LogP contribution in [0.4, 0.5) is 0 Å². The van der Waals surface area contributed by atoms with E-state index in [2.05, 4.69) is 101 Å². The van der Waals surface area contributed by atoms with E-state index in [4.69, 9.17) is 4.74 Å². The Balaban J connectivity index is -0.000000558. The van der Waals surface area contributed by atoms with Gasteiger partial charge in [-0.2, -0.15) is 0 Å². The van der Waals surface area contributed by atoms with Crippen molar-refractivity contribution in [3.05, 3.63) is 63.7 Å². The zero-order valence-electron chi connectivity index (χ0n) is 27.3. The Morgan fingerprint density at radius 1 is 0.816 bits per heavy atom. The highest BCUT2D eigenvalue weighted by atomic mass is 16.5. The second kappa shape index (κ2) is 23.9. The summed E-state index contributed by atoms with van der Waals surface area (Å²) in [6, 6.07) is 11.1. The molecule has 0 amide bonds. The Labute approximate surface area is 238 Å². The van der Waals surface area contributed by atoms with Crippen LogP contribution in [-0.2, 0) is 30.4 Å². The summed E-state index contributed by atoms with van der Waals surface area (Å²) in [6.07, 6.45) is 6.45. The van der Waals surface area contributed by atoms with Crippen LogP contribution < -0.4 is 4.74 Å². The molecule has 0 fully saturated rings. The van der Waals surface area contributed by atoms with E-state index in [1.807, 2.05) is 20.9 Å². The smallest absolute Gasteiger partial charge is 0.119 e. The third-order valence-corrected chi connectivity index (χ3v) is 6.20. The van der Waals surface area contributed by atoms with Crippen molar-refractivity contribution in [2.75, 3.05) is 48.5 Å². The third kappa shape index (κ3) is 14.7. The van der Waals surface area contributed by atoms with E-state index < -0.39 is 0 Å². The lowest BCUT2D eigenvalue weighted by Gasteiger charge is -2.13. The number of nitrogens with zero attached hydrogens (tertiary/aromatic N) is 2. The predicted octanol–water partition coefficient (Wildman–Crippen LogP) is 8.63. The molecule has 2 aromatic carbocycles. The molecule has 0 aliphatic heterocycles. The van der Waals surface area contributed by atoms with E-state index >= 15 is 0 Å². The van der Waals surface area contributed by atoms with Crippen LogP contribution in [-0.4, -0.2) is 59.1 Å². The van der Waals surface area contributed by atoms with Gasteiger partial charge in [0.1, 0.15) is 5.75 Å². The lowest BCUT2D eigenvalue weighted by molar-refractivity contribution is 0.277. The summed E-state index contributed by atoms with van der Waals surface area (Å²) < 4.78 is 10.0. The van der Waals surface area contributed by atoms with Crippen LogP contribution in [0.25, 0.3) is 0 Å². The van der Waals surface area contributed by atoms with Gasteiger partial charge in [-0.3, -0.25) is 4.99 Å². The van der Waals surface area contributed by atoms with Gasteiger partial charge >= 0.3 is 0 Å². The van der Waals surface area contributed by atoms with E-state index in [1.165, 1.54) is 39.1 Å². The van der Waals surface area contributed by atoms with Gasteiger partial charge in [0.15, 0.2) is 0 Å². The van der Waals surface area contributed by atoms with E-state index in [9.17, 15) is 0 Å². The van der Waals surface area contributed by atoms with Crippen LogP contribution in [0.1, 0.15) is 96.1 Å². The van der Waals surface area contributed by atoms with Crippen LogP contribution in [0.15, 0.2) is 35.3 Å². The number of aryl methyl sites for hydroxylation is 5. The fraction of sp³-hybridized carbons (Fsp3) is 0.618. The van der Waals surface area contributed by atoms with Crippen molar-refractivity contribution in [2.45, 2.75) is 93.9 Å². The number of aliphatic imine (C=N–C) groups is 1. The van der Waals surface area contributed by atoms with Crippen LogP contribution in [0.2, 0.25) is 0 Å². The zero-order valence-corrected chi connectivity index (χ0v) is 27.3. The molecule has 0 heterocycles. The summed E-state index contributed by atoms with van der Waals surface area (Å²) in [7, 11) is 9.32.